The Kier molecular flexibility index (Phi) is 12.3. The molecule has 0 radical (unpaired) electrons. The summed E-state index contributed by atoms with van der Waals surface area (Å²) in [5.74, 6) is -1.77. The summed E-state index contributed by atoms with van der Waals surface area (Å²) in [6.45, 7) is 15.6. The molecule has 2 heterocycles. The van der Waals surface area contributed by atoms with Crippen LogP contribution >= 0.6 is 0 Å². The monoisotopic (exact) mass is 719 g/mol. The fourth-order valence-electron chi connectivity index (χ4n) is 7.97. The van der Waals surface area contributed by atoms with Gasteiger partial charge in [0.1, 0.15) is 23.6 Å². The molecule has 14 heteroatoms. The van der Waals surface area contributed by atoms with E-state index in [9.17, 15) is 32.7 Å². The zero-order valence-corrected chi connectivity index (χ0v) is 31.2. The molecule has 0 spiro atoms. The molecular formula is C36H57N5O8S. The Bertz CT molecular complexity index is 1500. The van der Waals surface area contributed by atoms with Crippen molar-refractivity contribution in [3.63, 3.8) is 0 Å². The molecule has 5 N–H and O–H groups in total. The third-order valence-corrected chi connectivity index (χ3v) is 12.5. The summed E-state index contributed by atoms with van der Waals surface area (Å²) in [5.41, 5.74) is -1.98. The van der Waals surface area contributed by atoms with Crippen LogP contribution < -0.4 is 21.3 Å². The standard InChI is InChI=1S/C36H57N5O8S/c1-8-14-25(28(42)31(44)37-18-9-2)38-30(43)27-26-24(35(26,6)7)20-41(27)32(45)29(34(3,4)5)39-33(46)40-36(16-11-10-12-17-36)22-50(47,48)21-23-15-13-19-49-23/h9,13,15,19,24-27,29,31,37,44H,2,8,10-12,14,16-18,20-22H2,1,3-7H3,(H,38,43)(H2,39,40,46)/t24?,25?,26?,27?,29-,31?/m1/s1. The highest BCUT2D eigenvalue weighted by atomic mass is 32.2. The van der Waals surface area contributed by atoms with Gasteiger partial charge in [0.05, 0.1) is 23.6 Å². The van der Waals surface area contributed by atoms with Gasteiger partial charge >= 0.3 is 6.03 Å². The normalized spacial score (nSPS) is 24.3. The van der Waals surface area contributed by atoms with Crippen LogP contribution in [-0.4, -0.2) is 90.8 Å². The molecule has 1 aliphatic heterocycles. The highest BCUT2D eigenvalue weighted by molar-refractivity contribution is 7.90. The number of furan rings is 1. The maximum absolute atomic E-state index is 14.4. The van der Waals surface area contributed by atoms with Crippen molar-refractivity contribution >= 4 is 33.5 Å². The topological polar surface area (TPSA) is 187 Å². The zero-order chi connectivity index (χ0) is 37.1. The number of amides is 4. The van der Waals surface area contributed by atoms with Crippen molar-refractivity contribution in [3.8, 4) is 0 Å². The number of likely N-dealkylation sites (tertiary alicyclic amines) is 1. The highest BCUT2D eigenvalue weighted by Crippen LogP contribution is 2.65. The maximum Gasteiger partial charge on any atom is 0.315 e. The fourth-order valence-corrected chi connectivity index (χ4v) is 9.87. The molecule has 1 aromatic rings. The van der Waals surface area contributed by atoms with E-state index < -0.39 is 68.8 Å². The number of hydrogen-bond acceptors (Lipinski definition) is 9. The molecule has 4 amide bonds. The Balaban J connectivity index is 1.53. The Labute approximate surface area is 296 Å². The van der Waals surface area contributed by atoms with E-state index in [4.69, 9.17) is 4.42 Å². The van der Waals surface area contributed by atoms with E-state index >= 15 is 0 Å². The third-order valence-electron chi connectivity index (χ3n) is 10.7. The van der Waals surface area contributed by atoms with Crippen LogP contribution in [0.15, 0.2) is 35.5 Å². The Morgan fingerprint density at radius 3 is 2.40 bits per heavy atom. The van der Waals surface area contributed by atoms with E-state index in [-0.39, 0.29) is 35.3 Å². The lowest BCUT2D eigenvalue weighted by Gasteiger charge is -2.40. The highest BCUT2D eigenvalue weighted by Gasteiger charge is 2.70. The van der Waals surface area contributed by atoms with Gasteiger partial charge in [0, 0.05) is 13.1 Å². The number of aliphatic hydroxyl groups is 1. The molecule has 1 saturated heterocycles. The molecule has 13 nitrogen and oxygen atoms in total. The number of aliphatic hydroxyl groups excluding tert-OH is 1. The number of carbonyl (C=O) groups excluding carboxylic acids is 4. The first-order chi connectivity index (χ1) is 23.4. The molecular weight excluding hydrogens is 662 g/mol. The number of carbonyl (C=O) groups is 4. The van der Waals surface area contributed by atoms with E-state index in [0.717, 1.165) is 19.3 Å². The molecule has 4 rings (SSSR count). The summed E-state index contributed by atoms with van der Waals surface area (Å²) in [7, 11) is -3.66. The number of nitrogens with one attached hydrogen (secondary N) is 4. The number of rotatable bonds is 16. The van der Waals surface area contributed by atoms with E-state index in [1.54, 1.807) is 12.1 Å². The van der Waals surface area contributed by atoms with Crippen LogP contribution in [0.2, 0.25) is 0 Å². The summed E-state index contributed by atoms with van der Waals surface area (Å²) in [6, 6.07) is -0.291. The van der Waals surface area contributed by atoms with Gasteiger partial charge in [0.15, 0.2) is 21.8 Å². The first kappa shape index (κ1) is 39.6. The van der Waals surface area contributed by atoms with Crippen LogP contribution in [0, 0.1) is 22.7 Å². The van der Waals surface area contributed by atoms with Crippen molar-refractivity contribution in [3.05, 3.63) is 36.8 Å². The minimum absolute atomic E-state index is 0.0571. The molecule has 6 atom stereocenters. The van der Waals surface area contributed by atoms with Crippen molar-refractivity contribution in [1.82, 2.24) is 26.2 Å². The van der Waals surface area contributed by atoms with E-state index in [1.807, 2.05) is 27.7 Å². The summed E-state index contributed by atoms with van der Waals surface area (Å²) in [4.78, 5) is 56.8. The Morgan fingerprint density at radius 1 is 1.14 bits per heavy atom. The zero-order valence-electron chi connectivity index (χ0n) is 30.4. The quantitative estimate of drug-likeness (QED) is 0.126. The first-order valence-corrected chi connectivity index (χ1v) is 19.7. The predicted octanol–water partition coefficient (Wildman–Crippen LogP) is 3.04. The smallest absolute Gasteiger partial charge is 0.315 e. The van der Waals surface area contributed by atoms with Crippen LogP contribution in [-0.2, 0) is 30.0 Å². The van der Waals surface area contributed by atoms with Gasteiger partial charge in [0.2, 0.25) is 11.8 Å². The van der Waals surface area contributed by atoms with E-state index in [1.165, 1.54) is 17.2 Å². The minimum Gasteiger partial charge on any atom is -0.468 e. The van der Waals surface area contributed by atoms with Crippen molar-refractivity contribution in [2.75, 3.05) is 18.8 Å². The molecule has 0 aromatic carbocycles. The summed E-state index contributed by atoms with van der Waals surface area (Å²) >= 11 is 0. The lowest BCUT2D eigenvalue weighted by atomic mass is 9.83. The van der Waals surface area contributed by atoms with Gasteiger partial charge in [-0.25, -0.2) is 13.2 Å². The minimum atomic E-state index is -3.66. The molecule has 3 fully saturated rings. The number of ketones is 1. The molecule has 3 aliphatic rings. The molecule has 5 unspecified atom stereocenters. The van der Waals surface area contributed by atoms with Gasteiger partial charge in [-0.05, 0) is 54.1 Å². The van der Waals surface area contributed by atoms with Crippen LogP contribution in [0.25, 0.3) is 0 Å². The number of Topliss-reactive ketones (excluding diaryl/α,β-unsaturated/α-hetero) is 1. The van der Waals surface area contributed by atoms with E-state index in [0.29, 0.717) is 38.0 Å². The number of urea groups is 1. The average molecular weight is 720 g/mol. The number of piperidine rings is 1. The molecule has 1 aromatic heterocycles. The van der Waals surface area contributed by atoms with Gasteiger partial charge < -0.3 is 30.4 Å². The van der Waals surface area contributed by atoms with Crippen LogP contribution in [0.3, 0.4) is 0 Å². The fraction of sp³-hybridized carbons (Fsp3) is 0.722. The Hall–Kier alpha value is -3.23. The lowest BCUT2D eigenvalue weighted by molar-refractivity contribution is -0.144. The predicted molar refractivity (Wildman–Crippen MR) is 189 cm³/mol. The Morgan fingerprint density at radius 2 is 1.82 bits per heavy atom. The van der Waals surface area contributed by atoms with Crippen molar-refractivity contribution in [1.29, 1.82) is 0 Å². The number of nitrogens with zero attached hydrogens (tertiary/aromatic N) is 1. The van der Waals surface area contributed by atoms with Gasteiger partial charge in [-0.15, -0.1) is 6.58 Å². The second kappa shape index (κ2) is 15.6. The van der Waals surface area contributed by atoms with Gasteiger partial charge in [0.25, 0.3) is 0 Å². The summed E-state index contributed by atoms with van der Waals surface area (Å²) in [5, 5.41) is 21.8. The van der Waals surface area contributed by atoms with Gasteiger partial charge in [-0.1, -0.05) is 73.3 Å². The van der Waals surface area contributed by atoms with Gasteiger partial charge in [-0.3, -0.25) is 19.7 Å². The molecule has 50 heavy (non-hydrogen) atoms. The molecule has 2 saturated carbocycles. The number of sulfone groups is 1. The van der Waals surface area contributed by atoms with Crippen LogP contribution in [0.1, 0.15) is 92.2 Å². The van der Waals surface area contributed by atoms with Crippen molar-refractivity contribution in [2.45, 2.75) is 122 Å². The summed E-state index contributed by atoms with van der Waals surface area (Å²) < 4.78 is 31.8. The second-order valence-electron chi connectivity index (χ2n) is 16.1. The SMILES string of the molecule is C=CCNC(O)C(=O)C(CCC)NC(=O)C1C2C(CN1C(=O)[C@@H](NC(=O)NC1(CS(=O)(=O)Cc3ccco3)CCCCC1)C(C)(C)C)C2(C)C. The summed E-state index contributed by atoms with van der Waals surface area (Å²) in [6.07, 6.45) is 5.73. The van der Waals surface area contributed by atoms with Gasteiger partial charge in [-0.2, -0.15) is 0 Å². The van der Waals surface area contributed by atoms with Crippen LogP contribution in [0.4, 0.5) is 4.79 Å². The largest absolute Gasteiger partial charge is 0.468 e. The first-order valence-electron chi connectivity index (χ1n) is 17.8. The number of fused-ring (bicyclic) bond motifs is 1. The number of hydrogen-bond donors (Lipinski definition) is 5. The second-order valence-corrected chi connectivity index (χ2v) is 18.2. The van der Waals surface area contributed by atoms with Crippen molar-refractivity contribution < 1.29 is 37.1 Å². The molecule has 280 valence electrons. The third kappa shape index (κ3) is 9.16. The lowest BCUT2D eigenvalue weighted by Crippen LogP contribution is -2.64. The van der Waals surface area contributed by atoms with Crippen LogP contribution in [0.5, 0.6) is 0 Å². The molecule has 2 aliphatic carbocycles. The molecule has 0 bridgehead atoms. The van der Waals surface area contributed by atoms with E-state index in [2.05, 4.69) is 41.7 Å². The van der Waals surface area contributed by atoms with Crippen molar-refractivity contribution in [2.24, 2.45) is 22.7 Å². The maximum atomic E-state index is 14.4. The average Bonchev–Trinajstić information content (AvgIpc) is 3.44.